The molecule has 1 aromatic carbocycles. The zero-order chi connectivity index (χ0) is 16.1. The van der Waals surface area contributed by atoms with Gasteiger partial charge in [0.05, 0.1) is 17.8 Å². The summed E-state index contributed by atoms with van der Waals surface area (Å²) in [7, 11) is 0. The lowest BCUT2D eigenvalue weighted by atomic mass is 10.2. The van der Waals surface area contributed by atoms with Crippen LogP contribution in [-0.2, 0) is 6.54 Å². The molecule has 1 aliphatic heterocycles. The molecule has 5 nitrogen and oxygen atoms in total. The number of anilines is 1. The quantitative estimate of drug-likeness (QED) is 0.813. The van der Waals surface area contributed by atoms with E-state index >= 15 is 0 Å². The molecule has 2 heterocycles. The molecule has 1 aliphatic rings. The van der Waals surface area contributed by atoms with E-state index in [1.165, 1.54) is 17.3 Å². The van der Waals surface area contributed by atoms with Crippen molar-refractivity contribution < 1.29 is 4.74 Å². The second-order valence-electron chi connectivity index (χ2n) is 5.98. The van der Waals surface area contributed by atoms with Crippen molar-refractivity contribution in [3.63, 3.8) is 0 Å². The number of benzene rings is 1. The summed E-state index contributed by atoms with van der Waals surface area (Å²) in [5.41, 5.74) is 1.37. The molecular weight excluding hydrogens is 308 g/mol. The van der Waals surface area contributed by atoms with Gasteiger partial charge >= 0.3 is 0 Å². The topological polar surface area (TPSA) is 41.5 Å². The van der Waals surface area contributed by atoms with E-state index in [1.807, 2.05) is 0 Å². The van der Waals surface area contributed by atoms with Crippen LogP contribution in [-0.4, -0.2) is 45.9 Å². The van der Waals surface area contributed by atoms with Gasteiger partial charge in [-0.05, 0) is 18.9 Å². The van der Waals surface area contributed by atoms with Gasteiger partial charge < -0.3 is 9.64 Å². The van der Waals surface area contributed by atoms with Crippen LogP contribution in [0.4, 0.5) is 5.82 Å². The normalized spacial score (nSPS) is 17.2. The second-order valence-corrected chi connectivity index (χ2v) is 6.51. The van der Waals surface area contributed by atoms with E-state index in [2.05, 4.69) is 62.7 Å². The molecule has 0 spiro atoms. The smallest absolute Gasteiger partial charge is 0.271 e. The summed E-state index contributed by atoms with van der Waals surface area (Å²) in [6, 6.07) is 10.6. The second kappa shape index (κ2) is 7.75. The molecule has 0 N–H and O–H groups in total. The van der Waals surface area contributed by atoms with Gasteiger partial charge in [-0.15, -0.1) is 4.37 Å². The van der Waals surface area contributed by atoms with Crippen molar-refractivity contribution in [3.8, 4) is 5.88 Å². The molecule has 23 heavy (non-hydrogen) atoms. The highest BCUT2D eigenvalue weighted by atomic mass is 32.1. The van der Waals surface area contributed by atoms with Crippen molar-refractivity contribution in [2.24, 2.45) is 0 Å². The highest BCUT2D eigenvalue weighted by Crippen LogP contribution is 2.28. The number of ether oxygens (including phenoxy) is 1. The van der Waals surface area contributed by atoms with Crippen molar-refractivity contribution in [1.29, 1.82) is 0 Å². The molecule has 0 bridgehead atoms. The molecule has 1 atom stereocenters. The predicted octanol–water partition coefficient (Wildman–Crippen LogP) is 3.04. The largest absolute Gasteiger partial charge is 0.471 e. The zero-order valence-electron chi connectivity index (χ0n) is 13.8. The fourth-order valence-corrected chi connectivity index (χ4v) is 3.19. The van der Waals surface area contributed by atoms with Crippen LogP contribution in [0, 0.1) is 0 Å². The van der Waals surface area contributed by atoms with E-state index < -0.39 is 0 Å². The Bertz CT molecular complexity index is 596. The molecule has 2 aromatic rings. The monoisotopic (exact) mass is 332 g/mol. The number of hydrogen-bond acceptors (Lipinski definition) is 6. The van der Waals surface area contributed by atoms with Crippen LogP contribution in [0.15, 0.2) is 30.3 Å². The lowest BCUT2D eigenvalue weighted by Gasteiger charge is -2.35. The van der Waals surface area contributed by atoms with Crippen molar-refractivity contribution >= 4 is 17.5 Å². The summed E-state index contributed by atoms with van der Waals surface area (Å²) in [4.78, 5) is 4.78. The Kier molecular flexibility index (Phi) is 5.46. The van der Waals surface area contributed by atoms with Crippen LogP contribution in [0.3, 0.4) is 0 Å². The Morgan fingerprint density at radius 1 is 1.13 bits per heavy atom. The number of hydrogen-bond donors (Lipinski definition) is 0. The SMILES string of the molecule is CCC(C)Oc1nsnc1N1CCN(Cc2ccccc2)CC1. The fraction of sp³-hybridized carbons (Fsp3) is 0.529. The maximum atomic E-state index is 5.89. The minimum Gasteiger partial charge on any atom is -0.471 e. The molecule has 1 unspecified atom stereocenters. The van der Waals surface area contributed by atoms with Crippen LogP contribution in [0.25, 0.3) is 0 Å². The molecule has 0 saturated carbocycles. The summed E-state index contributed by atoms with van der Waals surface area (Å²) >= 11 is 1.24. The summed E-state index contributed by atoms with van der Waals surface area (Å²) in [5, 5.41) is 0. The standard InChI is InChI=1S/C17H24N4OS/c1-3-14(2)22-17-16(18-23-19-17)21-11-9-20(10-12-21)13-15-7-5-4-6-8-15/h4-8,14H,3,9-13H2,1-2H3. The van der Waals surface area contributed by atoms with Gasteiger partial charge in [-0.1, -0.05) is 37.3 Å². The van der Waals surface area contributed by atoms with E-state index in [0.717, 1.165) is 45.0 Å². The fourth-order valence-electron chi connectivity index (χ4n) is 2.68. The third-order valence-corrected chi connectivity index (χ3v) is 4.75. The summed E-state index contributed by atoms with van der Waals surface area (Å²) in [6.45, 7) is 9.21. The van der Waals surface area contributed by atoms with Crippen molar-refractivity contribution in [1.82, 2.24) is 13.6 Å². The maximum Gasteiger partial charge on any atom is 0.271 e. The first-order valence-corrected chi connectivity index (χ1v) is 8.99. The van der Waals surface area contributed by atoms with Gasteiger partial charge in [-0.3, -0.25) is 4.90 Å². The van der Waals surface area contributed by atoms with E-state index in [0.29, 0.717) is 5.88 Å². The lowest BCUT2D eigenvalue weighted by Crippen LogP contribution is -2.46. The molecule has 1 aromatic heterocycles. The Hall–Kier alpha value is -1.66. The number of piperazine rings is 1. The first-order chi connectivity index (χ1) is 11.3. The molecule has 0 amide bonds. The maximum absolute atomic E-state index is 5.89. The number of rotatable bonds is 6. The minimum absolute atomic E-state index is 0.178. The lowest BCUT2D eigenvalue weighted by molar-refractivity contribution is 0.208. The van der Waals surface area contributed by atoms with Gasteiger partial charge in [-0.25, -0.2) is 0 Å². The molecule has 0 radical (unpaired) electrons. The molecule has 3 rings (SSSR count). The Morgan fingerprint density at radius 3 is 2.57 bits per heavy atom. The molecule has 1 fully saturated rings. The van der Waals surface area contributed by atoms with E-state index in [4.69, 9.17) is 4.74 Å². The molecule has 124 valence electrons. The van der Waals surface area contributed by atoms with Crippen LogP contribution < -0.4 is 9.64 Å². The number of aromatic nitrogens is 2. The van der Waals surface area contributed by atoms with Crippen LogP contribution in [0.5, 0.6) is 5.88 Å². The Labute approximate surface area is 142 Å². The van der Waals surface area contributed by atoms with E-state index in [-0.39, 0.29) is 6.10 Å². The van der Waals surface area contributed by atoms with Gasteiger partial charge in [-0.2, -0.15) is 4.37 Å². The van der Waals surface area contributed by atoms with Gasteiger partial charge in [0.15, 0.2) is 0 Å². The van der Waals surface area contributed by atoms with Crippen molar-refractivity contribution in [2.75, 3.05) is 31.1 Å². The molecule has 6 heteroatoms. The number of nitrogens with zero attached hydrogens (tertiary/aromatic N) is 4. The average molecular weight is 332 g/mol. The minimum atomic E-state index is 0.178. The summed E-state index contributed by atoms with van der Waals surface area (Å²) < 4.78 is 14.7. The Morgan fingerprint density at radius 2 is 1.87 bits per heavy atom. The van der Waals surface area contributed by atoms with Gasteiger partial charge in [0, 0.05) is 32.7 Å². The molecular formula is C17H24N4OS. The Balaban J connectivity index is 1.56. The summed E-state index contributed by atoms with van der Waals surface area (Å²) in [6.07, 6.45) is 1.15. The highest BCUT2D eigenvalue weighted by Gasteiger charge is 2.23. The molecule has 0 aliphatic carbocycles. The predicted molar refractivity (Wildman–Crippen MR) is 94.2 cm³/mol. The molecule has 1 saturated heterocycles. The third kappa shape index (κ3) is 4.20. The van der Waals surface area contributed by atoms with Crippen molar-refractivity contribution in [2.45, 2.75) is 32.9 Å². The average Bonchev–Trinajstić information content (AvgIpc) is 3.04. The van der Waals surface area contributed by atoms with Crippen molar-refractivity contribution in [3.05, 3.63) is 35.9 Å². The first kappa shape index (κ1) is 16.2. The first-order valence-electron chi connectivity index (χ1n) is 8.26. The summed E-state index contributed by atoms with van der Waals surface area (Å²) in [5.74, 6) is 1.61. The third-order valence-electron chi connectivity index (χ3n) is 4.25. The zero-order valence-corrected chi connectivity index (χ0v) is 14.6. The van der Waals surface area contributed by atoms with Gasteiger partial charge in [0.2, 0.25) is 5.82 Å². The van der Waals surface area contributed by atoms with E-state index in [1.54, 1.807) is 0 Å². The van der Waals surface area contributed by atoms with Crippen LogP contribution in [0.2, 0.25) is 0 Å². The van der Waals surface area contributed by atoms with E-state index in [9.17, 15) is 0 Å². The van der Waals surface area contributed by atoms with Crippen LogP contribution >= 0.6 is 11.7 Å². The highest BCUT2D eigenvalue weighted by molar-refractivity contribution is 6.99. The van der Waals surface area contributed by atoms with Gasteiger partial charge in [0.25, 0.3) is 5.88 Å². The van der Waals surface area contributed by atoms with Gasteiger partial charge in [0.1, 0.15) is 0 Å². The van der Waals surface area contributed by atoms with Crippen LogP contribution in [0.1, 0.15) is 25.8 Å².